The van der Waals surface area contributed by atoms with Gasteiger partial charge in [0.1, 0.15) is 0 Å². The van der Waals surface area contributed by atoms with E-state index in [1.807, 2.05) is 13.8 Å². The maximum absolute atomic E-state index is 11.0. The van der Waals surface area contributed by atoms with Crippen molar-refractivity contribution in [2.45, 2.75) is 26.7 Å². The Kier molecular flexibility index (Phi) is 4.87. The van der Waals surface area contributed by atoms with Crippen molar-refractivity contribution in [1.29, 1.82) is 0 Å². The summed E-state index contributed by atoms with van der Waals surface area (Å²) in [6.07, 6.45) is 2.50. The summed E-state index contributed by atoms with van der Waals surface area (Å²) in [6, 6.07) is 0. The molecule has 0 heterocycles. The molecule has 0 spiro atoms. The Balaban J connectivity index is 2.28. The highest BCUT2D eigenvalue weighted by atomic mass is 35.7. The van der Waals surface area contributed by atoms with Crippen molar-refractivity contribution >= 4 is 19.7 Å². The predicted octanol–water partition coefficient (Wildman–Crippen LogP) is 2.25. The lowest BCUT2D eigenvalue weighted by Gasteiger charge is -2.19. The maximum atomic E-state index is 11.0. The van der Waals surface area contributed by atoms with E-state index in [0.29, 0.717) is 12.5 Å². The molecule has 15 heavy (non-hydrogen) atoms. The minimum absolute atomic E-state index is 0.00579. The maximum Gasteiger partial charge on any atom is 0.232 e. The van der Waals surface area contributed by atoms with E-state index < -0.39 is 9.05 Å². The number of halogens is 1. The molecule has 1 atom stereocenters. The summed E-state index contributed by atoms with van der Waals surface area (Å²) in [7, 11) is 1.83. The van der Waals surface area contributed by atoms with Crippen LogP contribution in [0.25, 0.3) is 0 Å². The monoisotopic (exact) mass is 254 g/mol. The van der Waals surface area contributed by atoms with Crippen LogP contribution in [0.2, 0.25) is 0 Å². The molecule has 5 heteroatoms. The molecule has 1 unspecified atom stereocenters. The van der Waals surface area contributed by atoms with Crippen molar-refractivity contribution < 1.29 is 13.2 Å². The van der Waals surface area contributed by atoms with E-state index in [1.54, 1.807) is 0 Å². The van der Waals surface area contributed by atoms with Crippen LogP contribution < -0.4 is 0 Å². The second-order valence-electron chi connectivity index (χ2n) is 4.69. The molecule has 0 saturated heterocycles. The molecule has 0 aromatic carbocycles. The Labute approximate surface area is 96.6 Å². The van der Waals surface area contributed by atoms with Crippen molar-refractivity contribution in [3.63, 3.8) is 0 Å². The molecule has 1 saturated carbocycles. The molecule has 1 aliphatic rings. The van der Waals surface area contributed by atoms with Gasteiger partial charge in [0.2, 0.25) is 9.05 Å². The lowest BCUT2D eigenvalue weighted by Crippen LogP contribution is -2.23. The van der Waals surface area contributed by atoms with E-state index >= 15 is 0 Å². The zero-order valence-electron chi connectivity index (χ0n) is 9.28. The van der Waals surface area contributed by atoms with Crippen LogP contribution in [0.4, 0.5) is 0 Å². The lowest BCUT2D eigenvalue weighted by molar-refractivity contribution is 0.0834. The molecule has 0 N–H and O–H groups in total. The Morgan fingerprint density at radius 2 is 2.00 bits per heavy atom. The number of hydrogen-bond acceptors (Lipinski definition) is 3. The molecule has 0 radical (unpaired) electrons. The molecule has 1 fully saturated rings. The van der Waals surface area contributed by atoms with Crippen LogP contribution in [0, 0.1) is 17.8 Å². The first-order chi connectivity index (χ1) is 6.88. The van der Waals surface area contributed by atoms with Crippen LogP contribution in [0.5, 0.6) is 0 Å². The van der Waals surface area contributed by atoms with E-state index in [2.05, 4.69) is 0 Å². The van der Waals surface area contributed by atoms with E-state index in [-0.39, 0.29) is 17.6 Å². The highest BCUT2D eigenvalue weighted by Crippen LogP contribution is 2.29. The third-order valence-electron chi connectivity index (χ3n) is 2.74. The zero-order valence-corrected chi connectivity index (χ0v) is 10.9. The molecule has 3 nitrogen and oxygen atoms in total. The van der Waals surface area contributed by atoms with Gasteiger partial charge in [0.05, 0.1) is 12.4 Å². The summed E-state index contributed by atoms with van der Waals surface area (Å²) in [4.78, 5) is 0. The third-order valence-corrected chi connectivity index (χ3v) is 3.94. The SMILES string of the molecule is CC(C)C(COCC1CC1)CS(=O)(=O)Cl. The van der Waals surface area contributed by atoms with Crippen LogP contribution in [-0.4, -0.2) is 27.4 Å². The fourth-order valence-electron chi connectivity index (χ4n) is 1.36. The van der Waals surface area contributed by atoms with Crippen molar-refractivity contribution in [3.8, 4) is 0 Å². The van der Waals surface area contributed by atoms with E-state index in [0.717, 1.165) is 6.61 Å². The zero-order chi connectivity index (χ0) is 11.5. The van der Waals surface area contributed by atoms with Gasteiger partial charge in [-0.05, 0) is 30.6 Å². The minimum Gasteiger partial charge on any atom is -0.381 e. The normalized spacial score (nSPS) is 19.5. The van der Waals surface area contributed by atoms with Crippen molar-refractivity contribution in [2.75, 3.05) is 19.0 Å². The third kappa shape index (κ3) is 6.38. The molecular formula is C10H19ClO3S. The molecule has 0 aromatic rings. The smallest absolute Gasteiger partial charge is 0.232 e. The summed E-state index contributed by atoms with van der Waals surface area (Å²) < 4.78 is 27.4. The van der Waals surface area contributed by atoms with E-state index in [1.165, 1.54) is 12.8 Å². The molecule has 0 amide bonds. The molecule has 1 rings (SSSR count). The summed E-state index contributed by atoms with van der Waals surface area (Å²) >= 11 is 0. The number of ether oxygens (including phenoxy) is 1. The quantitative estimate of drug-likeness (QED) is 0.655. The Hall–Kier alpha value is 0.200. The predicted molar refractivity (Wildman–Crippen MR) is 61.5 cm³/mol. The van der Waals surface area contributed by atoms with Gasteiger partial charge in [-0.1, -0.05) is 13.8 Å². The fourth-order valence-corrected chi connectivity index (χ4v) is 2.84. The molecule has 90 valence electrons. The van der Waals surface area contributed by atoms with Gasteiger partial charge in [0, 0.05) is 17.3 Å². The van der Waals surface area contributed by atoms with Gasteiger partial charge in [-0.2, -0.15) is 0 Å². The minimum atomic E-state index is -3.41. The van der Waals surface area contributed by atoms with Crippen LogP contribution in [0.15, 0.2) is 0 Å². The second-order valence-corrected chi connectivity index (χ2v) is 7.51. The molecular weight excluding hydrogens is 236 g/mol. The highest BCUT2D eigenvalue weighted by molar-refractivity contribution is 8.13. The first kappa shape index (κ1) is 13.3. The summed E-state index contributed by atoms with van der Waals surface area (Å²) in [5, 5.41) is 0. The van der Waals surface area contributed by atoms with Gasteiger partial charge in [0.15, 0.2) is 0 Å². The average molecular weight is 255 g/mol. The van der Waals surface area contributed by atoms with Gasteiger partial charge in [-0.25, -0.2) is 8.42 Å². The van der Waals surface area contributed by atoms with Gasteiger partial charge >= 0.3 is 0 Å². The fraction of sp³-hybridized carbons (Fsp3) is 1.00. The Bertz CT molecular complexity index is 283. The van der Waals surface area contributed by atoms with E-state index in [4.69, 9.17) is 15.4 Å². The Morgan fingerprint density at radius 3 is 2.40 bits per heavy atom. The second kappa shape index (κ2) is 5.51. The molecule has 0 aromatic heterocycles. The van der Waals surface area contributed by atoms with Crippen LogP contribution in [-0.2, 0) is 13.8 Å². The molecule has 0 bridgehead atoms. The van der Waals surface area contributed by atoms with Crippen molar-refractivity contribution in [3.05, 3.63) is 0 Å². The molecule has 1 aliphatic carbocycles. The summed E-state index contributed by atoms with van der Waals surface area (Å²) in [5.41, 5.74) is 0. The first-order valence-electron chi connectivity index (χ1n) is 5.38. The standard InChI is InChI=1S/C10H19ClO3S/c1-8(2)10(7-15(11,12)13)6-14-5-9-3-4-9/h8-10H,3-7H2,1-2H3. The lowest BCUT2D eigenvalue weighted by atomic mass is 9.99. The van der Waals surface area contributed by atoms with Crippen molar-refractivity contribution in [2.24, 2.45) is 17.8 Å². The summed E-state index contributed by atoms with van der Waals surface area (Å²) in [5.74, 6) is 1.01. The molecule has 0 aliphatic heterocycles. The van der Waals surface area contributed by atoms with Crippen LogP contribution >= 0.6 is 10.7 Å². The van der Waals surface area contributed by atoms with Crippen LogP contribution in [0.1, 0.15) is 26.7 Å². The first-order valence-corrected chi connectivity index (χ1v) is 7.86. The highest BCUT2D eigenvalue weighted by Gasteiger charge is 2.24. The summed E-state index contributed by atoms with van der Waals surface area (Å²) in [6.45, 7) is 5.26. The number of hydrogen-bond donors (Lipinski definition) is 0. The topological polar surface area (TPSA) is 43.4 Å². The van der Waals surface area contributed by atoms with Gasteiger partial charge in [0.25, 0.3) is 0 Å². The average Bonchev–Trinajstić information content (AvgIpc) is 2.83. The largest absolute Gasteiger partial charge is 0.381 e. The van der Waals surface area contributed by atoms with Gasteiger partial charge < -0.3 is 4.74 Å². The van der Waals surface area contributed by atoms with Crippen molar-refractivity contribution in [1.82, 2.24) is 0 Å². The Morgan fingerprint density at radius 1 is 1.40 bits per heavy atom. The van der Waals surface area contributed by atoms with E-state index in [9.17, 15) is 8.42 Å². The number of rotatable bonds is 7. The van der Waals surface area contributed by atoms with Gasteiger partial charge in [-0.15, -0.1) is 0 Å². The van der Waals surface area contributed by atoms with Crippen LogP contribution in [0.3, 0.4) is 0 Å². The van der Waals surface area contributed by atoms with Gasteiger partial charge in [-0.3, -0.25) is 0 Å².